The smallest absolute Gasteiger partial charge is 0.423 e. The number of pyridine rings is 1. The lowest BCUT2D eigenvalue weighted by Gasteiger charge is -2.04. The molecule has 3 N–H and O–H groups in total. The number of rotatable bonds is 2. The van der Waals surface area contributed by atoms with Gasteiger partial charge in [0.2, 0.25) is 0 Å². The van der Waals surface area contributed by atoms with Crippen molar-refractivity contribution in [1.29, 1.82) is 0 Å². The summed E-state index contributed by atoms with van der Waals surface area (Å²) in [6, 6.07) is 3.24. The summed E-state index contributed by atoms with van der Waals surface area (Å²) in [5.41, 5.74) is 4.73. The van der Waals surface area contributed by atoms with Gasteiger partial charge >= 0.3 is 6.09 Å². The zero-order valence-corrected chi connectivity index (χ0v) is 6.67. The summed E-state index contributed by atoms with van der Waals surface area (Å²) in [4.78, 5) is 13.8. The van der Waals surface area contributed by atoms with Crippen molar-refractivity contribution in [1.82, 2.24) is 10.4 Å². The third-order valence-corrected chi connectivity index (χ3v) is 1.36. The van der Waals surface area contributed by atoms with Crippen LogP contribution in [-0.2, 0) is 0 Å². The van der Waals surface area contributed by atoms with Crippen LogP contribution in [0.25, 0.3) is 0 Å². The molecule has 0 radical (unpaired) electrons. The lowest BCUT2D eigenvalue weighted by Crippen LogP contribution is -2.27. The maximum atomic E-state index is 10.0. The van der Waals surface area contributed by atoms with Crippen LogP contribution in [-0.4, -0.2) is 16.2 Å². The summed E-state index contributed by atoms with van der Waals surface area (Å²) in [6.45, 7) is 0. The van der Waals surface area contributed by atoms with Crippen molar-refractivity contribution in [2.75, 3.05) is 5.43 Å². The van der Waals surface area contributed by atoms with Crippen LogP contribution < -0.4 is 10.9 Å². The van der Waals surface area contributed by atoms with E-state index in [1.807, 2.05) is 5.43 Å². The van der Waals surface area contributed by atoms with Crippen molar-refractivity contribution in [3.05, 3.63) is 23.5 Å². The summed E-state index contributed by atoms with van der Waals surface area (Å²) in [6.07, 6.45) is 0.323. The maximum absolute atomic E-state index is 10.0. The zero-order chi connectivity index (χ0) is 8.97. The normalized spacial score (nSPS) is 9.08. The van der Waals surface area contributed by atoms with E-state index in [2.05, 4.69) is 10.4 Å². The van der Waals surface area contributed by atoms with Gasteiger partial charge in [-0.25, -0.2) is 15.2 Å². The molecule has 0 saturated carbocycles. The molecule has 0 saturated heterocycles. The average molecular weight is 188 g/mol. The van der Waals surface area contributed by atoms with Gasteiger partial charge in [-0.3, -0.25) is 5.43 Å². The van der Waals surface area contributed by atoms with Gasteiger partial charge in [0, 0.05) is 6.20 Å². The van der Waals surface area contributed by atoms with Crippen LogP contribution in [0.15, 0.2) is 18.3 Å². The van der Waals surface area contributed by atoms with E-state index in [0.29, 0.717) is 5.69 Å². The lowest BCUT2D eigenvalue weighted by molar-refractivity contribution is 0.197. The van der Waals surface area contributed by atoms with Crippen LogP contribution in [0.1, 0.15) is 0 Å². The van der Waals surface area contributed by atoms with E-state index < -0.39 is 6.09 Å². The lowest BCUT2D eigenvalue weighted by atomic mass is 10.4. The molecular weight excluding hydrogens is 182 g/mol. The molecule has 64 valence electrons. The molecule has 1 aromatic rings. The number of anilines is 1. The van der Waals surface area contributed by atoms with Crippen molar-refractivity contribution >= 4 is 23.4 Å². The number of nitrogens with one attached hydrogen (secondary N) is 2. The number of aromatic nitrogens is 1. The Hall–Kier alpha value is -1.49. The van der Waals surface area contributed by atoms with E-state index in [4.69, 9.17) is 16.7 Å². The number of carbonyl (C=O) groups is 1. The summed E-state index contributed by atoms with van der Waals surface area (Å²) in [5.74, 6) is 0. The Morgan fingerprint density at radius 2 is 2.42 bits per heavy atom. The third-order valence-electron chi connectivity index (χ3n) is 1.06. The van der Waals surface area contributed by atoms with E-state index in [-0.39, 0.29) is 5.15 Å². The number of halogens is 1. The van der Waals surface area contributed by atoms with Crippen LogP contribution in [0.5, 0.6) is 0 Å². The van der Waals surface area contributed by atoms with Crippen molar-refractivity contribution in [3.8, 4) is 0 Å². The second kappa shape index (κ2) is 3.77. The molecule has 0 aliphatic rings. The van der Waals surface area contributed by atoms with Crippen LogP contribution >= 0.6 is 11.6 Å². The van der Waals surface area contributed by atoms with Gasteiger partial charge in [-0.15, -0.1) is 0 Å². The van der Waals surface area contributed by atoms with Crippen molar-refractivity contribution < 1.29 is 9.90 Å². The molecule has 0 fully saturated rings. The third kappa shape index (κ3) is 2.28. The first-order valence-corrected chi connectivity index (χ1v) is 3.43. The second-order valence-corrected chi connectivity index (χ2v) is 2.25. The Labute approximate surface area is 73.3 Å². The summed E-state index contributed by atoms with van der Waals surface area (Å²) in [7, 11) is 0. The predicted octanol–water partition coefficient (Wildman–Crippen LogP) is 1.33. The maximum Gasteiger partial charge on any atom is 0.423 e. The molecule has 0 aliphatic heterocycles. The largest absolute Gasteiger partial charge is 0.464 e. The Morgan fingerprint density at radius 1 is 1.67 bits per heavy atom. The average Bonchev–Trinajstić information content (AvgIpc) is 2.03. The van der Waals surface area contributed by atoms with Crippen LogP contribution in [0, 0.1) is 0 Å². The van der Waals surface area contributed by atoms with Gasteiger partial charge in [0.05, 0.1) is 5.69 Å². The minimum absolute atomic E-state index is 0.214. The highest BCUT2D eigenvalue weighted by atomic mass is 35.5. The molecule has 1 rings (SSSR count). The van der Waals surface area contributed by atoms with Gasteiger partial charge in [-0.1, -0.05) is 11.6 Å². The molecule has 5 nitrogen and oxygen atoms in total. The highest BCUT2D eigenvalue weighted by Gasteiger charge is 1.99. The summed E-state index contributed by atoms with van der Waals surface area (Å²) < 4.78 is 0. The number of hydrogen-bond donors (Lipinski definition) is 3. The summed E-state index contributed by atoms with van der Waals surface area (Å²) >= 11 is 5.60. The molecule has 6 heteroatoms. The van der Waals surface area contributed by atoms with Gasteiger partial charge in [-0.05, 0) is 12.1 Å². The SMILES string of the molecule is O=C(O)NNc1cccnc1Cl. The Morgan fingerprint density at radius 3 is 3.00 bits per heavy atom. The number of nitrogens with zero attached hydrogens (tertiary/aromatic N) is 1. The fourth-order valence-electron chi connectivity index (χ4n) is 0.600. The molecule has 0 atom stereocenters. The first-order valence-electron chi connectivity index (χ1n) is 3.05. The molecule has 1 amide bonds. The molecule has 0 aromatic carbocycles. The fraction of sp³-hybridized carbons (Fsp3) is 0. The van der Waals surface area contributed by atoms with E-state index in [9.17, 15) is 4.79 Å². The molecule has 1 aromatic heterocycles. The quantitative estimate of drug-likeness (QED) is 0.482. The Kier molecular flexibility index (Phi) is 2.71. The van der Waals surface area contributed by atoms with E-state index in [1.165, 1.54) is 6.20 Å². The van der Waals surface area contributed by atoms with Crippen molar-refractivity contribution in [3.63, 3.8) is 0 Å². The van der Waals surface area contributed by atoms with E-state index in [0.717, 1.165) is 0 Å². The van der Waals surface area contributed by atoms with Crippen LogP contribution in [0.2, 0.25) is 5.15 Å². The van der Waals surface area contributed by atoms with Gasteiger partial charge in [0.15, 0.2) is 5.15 Å². The molecule has 1 heterocycles. The first-order chi connectivity index (χ1) is 5.70. The fourth-order valence-corrected chi connectivity index (χ4v) is 0.767. The second-order valence-electron chi connectivity index (χ2n) is 1.90. The van der Waals surface area contributed by atoms with Crippen molar-refractivity contribution in [2.24, 2.45) is 0 Å². The van der Waals surface area contributed by atoms with Gasteiger partial charge in [-0.2, -0.15) is 0 Å². The minimum atomic E-state index is -1.19. The molecule has 0 bridgehead atoms. The number of hydrazine groups is 1. The van der Waals surface area contributed by atoms with Gasteiger partial charge in [0.25, 0.3) is 0 Å². The highest BCUT2D eigenvalue weighted by molar-refractivity contribution is 6.31. The number of carboxylic acid groups (broad SMARTS) is 1. The van der Waals surface area contributed by atoms with Crippen molar-refractivity contribution in [2.45, 2.75) is 0 Å². The van der Waals surface area contributed by atoms with E-state index in [1.54, 1.807) is 12.1 Å². The molecular formula is C6H6ClN3O2. The Balaban J connectivity index is 2.63. The topological polar surface area (TPSA) is 74.2 Å². The standard InChI is InChI=1S/C6H6ClN3O2/c7-5-4(2-1-3-8-5)9-10-6(11)12/h1-3,9-10H,(H,11,12). The zero-order valence-electron chi connectivity index (χ0n) is 5.91. The van der Waals surface area contributed by atoms with Gasteiger partial charge in [0.1, 0.15) is 0 Å². The number of amides is 1. The van der Waals surface area contributed by atoms with Crippen LogP contribution in [0.3, 0.4) is 0 Å². The summed E-state index contributed by atoms with van der Waals surface area (Å²) in [5, 5.41) is 8.44. The Bertz CT molecular complexity index is 292. The molecule has 0 aliphatic carbocycles. The van der Waals surface area contributed by atoms with Crippen LogP contribution in [0.4, 0.5) is 10.5 Å². The number of hydrogen-bond acceptors (Lipinski definition) is 3. The first kappa shape index (κ1) is 8.61. The molecule has 0 spiro atoms. The predicted molar refractivity (Wildman–Crippen MR) is 44.0 cm³/mol. The van der Waals surface area contributed by atoms with Gasteiger partial charge < -0.3 is 5.11 Å². The molecule has 12 heavy (non-hydrogen) atoms. The minimum Gasteiger partial charge on any atom is -0.464 e. The highest BCUT2D eigenvalue weighted by Crippen LogP contribution is 2.15. The monoisotopic (exact) mass is 187 g/mol. The molecule has 0 unspecified atom stereocenters. The van der Waals surface area contributed by atoms with E-state index >= 15 is 0 Å².